The number of anilines is 2. The highest BCUT2D eigenvalue weighted by Gasteiger charge is 2.08. The van der Waals surface area contributed by atoms with Crippen LogP contribution in [0.3, 0.4) is 0 Å². The summed E-state index contributed by atoms with van der Waals surface area (Å²) in [5, 5.41) is 6.30. The van der Waals surface area contributed by atoms with Crippen LogP contribution >= 0.6 is 11.3 Å². The van der Waals surface area contributed by atoms with Crippen LogP contribution in [0, 0.1) is 13.8 Å². The van der Waals surface area contributed by atoms with E-state index in [0.717, 1.165) is 22.3 Å². The molecule has 0 amide bonds. The molecule has 0 fully saturated rings. The van der Waals surface area contributed by atoms with Crippen LogP contribution in [-0.4, -0.2) is 12.1 Å². The number of aryl methyl sites for hydroxylation is 2. The van der Waals surface area contributed by atoms with Gasteiger partial charge in [0.1, 0.15) is 5.75 Å². The van der Waals surface area contributed by atoms with Gasteiger partial charge in [0.05, 0.1) is 12.8 Å². The van der Waals surface area contributed by atoms with Crippen LogP contribution in [0.1, 0.15) is 11.1 Å². The van der Waals surface area contributed by atoms with Crippen molar-refractivity contribution in [1.82, 2.24) is 4.98 Å². The SMILES string of the molecule is COc1cccc(Nc2nc(-c3cc(C)ccc3C)cs2)c1. The Bertz CT molecular complexity index is 795. The lowest BCUT2D eigenvalue weighted by atomic mass is 10.0. The van der Waals surface area contributed by atoms with Crippen LogP contribution < -0.4 is 10.1 Å². The Morgan fingerprint density at radius 2 is 1.95 bits per heavy atom. The molecule has 3 nitrogen and oxygen atoms in total. The van der Waals surface area contributed by atoms with E-state index >= 15 is 0 Å². The Morgan fingerprint density at radius 3 is 2.77 bits per heavy atom. The highest BCUT2D eigenvalue weighted by Crippen LogP contribution is 2.30. The number of nitrogens with zero attached hydrogens (tertiary/aromatic N) is 1. The summed E-state index contributed by atoms with van der Waals surface area (Å²) in [6.07, 6.45) is 0. The third-order valence-corrected chi connectivity index (χ3v) is 4.25. The van der Waals surface area contributed by atoms with Gasteiger partial charge in [0.2, 0.25) is 0 Å². The quantitative estimate of drug-likeness (QED) is 0.721. The topological polar surface area (TPSA) is 34.1 Å². The Labute approximate surface area is 134 Å². The summed E-state index contributed by atoms with van der Waals surface area (Å²) in [6, 6.07) is 14.3. The number of thiazole rings is 1. The molecule has 0 unspecified atom stereocenters. The van der Waals surface area contributed by atoms with Crippen molar-refractivity contribution in [3.63, 3.8) is 0 Å². The second kappa shape index (κ2) is 6.20. The van der Waals surface area contributed by atoms with Crippen molar-refractivity contribution in [1.29, 1.82) is 0 Å². The van der Waals surface area contributed by atoms with Gasteiger partial charge in [-0.3, -0.25) is 0 Å². The van der Waals surface area contributed by atoms with Crippen LogP contribution in [0.5, 0.6) is 5.75 Å². The summed E-state index contributed by atoms with van der Waals surface area (Å²) in [4.78, 5) is 4.70. The smallest absolute Gasteiger partial charge is 0.187 e. The average Bonchev–Trinajstić information content (AvgIpc) is 2.98. The van der Waals surface area contributed by atoms with Crippen molar-refractivity contribution in [3.05, 3.63) is 59.0 Å². The molecule has 3 rings (SSSR count). The van der Waals surface area contributed by atoms with Crippen molar-refractivity contribution in [3.8, 4) is 17.0 Å². The van der Waals surface area contributed by atoms with Crippen molar-refractivity contribution >= 4 is 22.2 Å². The standard InChI is InChI=1S/C18H18N2OS/c1-12-7-8-13(2)16(9-12)17-11-22-18(20-17)19-14-5-4-6-15(10-14)21-3/h4-11H,1-3H3,(H,19,20). The second-order valence-electron chi connectivity index (χ2n) is 5.21. The third kappa shape index (κ3) is 3.12. The molecule has 112 valence electrons. The number of nitrogens with one attached hydrogen (secondary N) is 1. The largest absolute Gasteiger partial charge is 0.497 e. The molecule has 1 N–H and O–H groups in total. The normalized spacial score (nSPS) is 10.5. The Morgan fingerprint density at radius 1 is 1.09 bits per heavy atom. The van der Waals surface area contributed by atoms with Crippen molar-refractivity contribution in [2.24, 2.45) is 0 Å². The zero-order valence-electron chi connectivity index (χ0n) is 12.9. The third-order valence-electron chi connectivity index (χ3n) is 3.49. The number of rotatable bonds is 4. The number of ether oxygens (including phenoxy) is 1. The lowest BCUT2D eigenvalue weighted by Gasteiger charge is -2.05. The highest BCUT2D eigenvalue weighted by molar-refractivity contribution is 7.14. The van der Waals surface area contributed by atoms with E-state index in [0.29, 0.717) is 0 Å². The van der Waals surface area contributed by atoms with Gasteiger partial charge in [-0.1, -0.05) is 23.8 Å². The summed E-state index contributed by atoms with van der Waals surface area (Å²) in [5.41, 5.74) is 5.66. The maximum atomic E-state index is 5.24. The fraction of sp³-hybridized carbons (Fsp3) is 0.167. The van der Waals surface area contributed by atoms with Gasteiger partial charge in [0.25, 0.3) is 0 Å². The van der Waals surface area contributed by atoms with Crippen molar-refractivity contribution < 1.29 is 4.74 Å². The molecule has 0 aliphatic carbocycles. The number of hydrogen-bond donors (Lipinski definition) is 1. The average molecular weight is 310 g/mol. The van der Waals surface area contributed by atoms with E-state index in [2.05, 4.69) is 42.7 Å². The molecule has 4 heteroatoms. The minimum Gasteiger partial charge on any atom is -0.497 e. The van der Waals surface area contributed by atoms with Crippen molar-refractivity contribution in [2.45, 2.75) is 13.8 Å². The van der Waals surface area contributed by atoms with Crippen LogP contribution in [-0.2, 0) is 0 Å². The summed E-state index contributed by atoms with van der Waals surface area (Å²) >= 11 is 1.60. The predicted molar refractivity (Wildman–Crippen MR) is 93.3 cm³/mol. The van der Waals surface area contributed by atoms with Crippen LogP contribution in [0.2, 0.25) is 0 Å². The fourth-order valence-corrected chi connectivity index (χ4v) is 3.02. The minimum absolute atomic E-state index is 0.830. The molecule has 0 saturated heterocycles. The minimum atomic E-state index is 0.830. The van der Waals surface area contributed by atoms with Gasteiger partial charge in [0, 0.05) is 22.7 Å². The molecule has 1 heterocycles. The first kappa shape index (κ1) is 14.6. The maximum absolute atomic E-state index is 5.24. The van der Waals surface area contributed by atoms with E-state index in [1.165, 1.54) is 16.7 Å². The van der Waals surface area contributed by atoms with E-state index in [9.17, 15) is 0 Å². The van der Waals surface area contributed by atoms with E-state index < -0.39 is 0 Å². The van der Waals surface area contributed by atoms with Gasteiger partial charge >= 0.3 is 0 Å². The van der Waals surface area contributed by atoms with E-state index in [1.807, 2.05) is 24.3 Å². The molecular weight excluding hydrogens is 292 g/mol. The molecule has 0 spiro atoms. The first-order chi connectivity index (χ1) is 10.7. The van der Waals surface area contributed by atoms with Gasteiger partial charge in [-0.15, -0.1) is 11.3 Å². The lowest BCUT2D eigenvalue weighted by molar-refractivity contribution is 0.415. The maximum Gasteiger partial charge on any atom is 0.187 e. The van der Waals surface area contributed by atoms with Gasteiger partial charge < -0.3 is 10.1 Å². The molecule has 0 bridgehead atoms. The molecule has 1 aromatic heterocycles. The second-order valence-corrected chi connectivity index (χ2v) is 6.07. The molecular formula is C18H18N2OS. The summed E-state index contributed by atoms with van der Waals surface area (Å²) in [5.74, 6) is 0.830. The number of hydrogen-bond acceptors (Lipinski definition) is 4. The molecule has 3 aromatic rings. The number of aromatic nitrogens is 1. The highest BCUT2D eigenvalue weighted by atomic mass is 32.1. The Kier molecular flexibility index (Phi) is 4.11. The monoisotopic (exact) mass is 310 g/mol. The van der Waals surface area contributed by atoms with Gasteiger partial charge in [-0.2, -0.15) is 0 Å². The zero-order valence-corrected chi connectivity index (χ0v) is 13.7. The first-order valence-corrected chi connectivity index (χ1v) is 7.98. The molecule has 0 saturated carbocycles. The fourth-order valence-electron chi connectivity index (χ4n) is 2.29. The summed E-state index contributed by atoms with van der Waals surface area (Å²) in [7, 11) is 1.67. The van der Waals surface area contributed by atoms with Gasteiger partial charge in [0.15, 0.2) is 5.13 Å². The Hall–Kier alpha value is -2.33. The predicted octanol–water partition coefficient (Wildman–Crippen LogP) is 5.18. The Balaban J connectivity index is 1.86. The van der Waals surface area contributed by atoms with Crippen molar-refractivity contribution in [2.75, 3.05) is 12.4 Å². The lowest BCUT2D eigenvalue weighted by Crippen LogP contribution is -1.91. The number of methoxy groups -OCH3 is 1. The number of benzene rings is 2. The molecule has 22 heavy (non-hydrogen) atoms. The molecule has 0 aliphatic rings. The molecule has 2 aromatic carbocycles. The summed E-state index contributed by atoms with van der Waals surface area (Å²) in [6.45, 7) is 4.22. The van der Waals surface area contributed by atoms with E-state index in [1.54, 1.807) is 18.4 Å². The zero-order chi connectivity index (χ0) is 15.5. The first-order valence-electron chi connectivity index (χ1n) is 7.10. The van der Waals surface area contributed by atoms with E-state index in [-0.39, 0.29) is 0 Å². The van der Waals surface area contributed by atoms with Gasteiger partial charge in [-0.05, 0) is 37.6 Å². The molecule has 0 atom stereocenters. The van der Waals surface area contributed by atoms with Crippen LogP contribution in [0.25, 0.3) is 11.3 Å². The van der Waals surface area contributed by atoms with E-state index in [4.69, 9.17) is 9.72 Å². The van der Waals surface area contributed by atoms with Gasteiger partial charge in [-0.25, -0.2) is 4.98 Å². The van der Waals surface area contributed by atoms with Crippen LogP contribution in [0.15, 0.2) is 47.8 Å². The summed E-state index contributed by atoms with van der Waals surface area (Å²) < 4.78 is 5.24. The van der Waals surface area contributed by atoms with Crippen LogP contribution in [0.4, 0.5) is 10.8 Å². The molecule has 0 radical (unpaired) electrons. The molecule has 0 aliphatic heterocycles.